The number of aromatic nitrogens is 1. The van der Waals surface area contributed by atoms with E-state index in [0.29, 0.717) is 5.92 Å². The Hall–Kier alpha value is -1.25. The highest BCUT2D eigenvalue weighted by Gasteiger charge is 2.20. The lowest BCUT2D eigenvalue weighted by atomic mass is 9.93. The molecule has 0 amide bonds. The average Bonchev–Trinajstić information content (AvgIpc) is 2.78. The van der Waals surface area contributed by atoms with Gasteiger partial charge in [0.05, 0.1) is 11.1 Å². The fourth-order valence-corrected chi connectivity index (χ4v) is 3.46. The highest BCUT2D eigenvalue weighted by Crippen LogP contribution is 2.36. The Kier molecular flexibility index (Phi) is 4.33. The summed E-state index contributed by atoms with van der Waals surface area (Å²) in [5.41, 5.74) is 6.23. The van der Waals surface area contributed by atoms with Crippen LogP contribution in [0.2, 0.25) is 0 Å². The van der Waals surface area contributed by atoms with Crippen molar-refractivity contribution in [1.82, 2.24) is 4.57 Å². The maximum atomic E-state index is 6.30. The lowest BCUT2D eigenvalue weighted by molar-refractivity contribution is 0.745. The second-order valence-corrected chi connectivity index (χ2v) is 7.32. The van der Waals surface area contributed by atoms with Crippen LogP contribution in [0.3, 0.4) is 0 Å². The molecule has 22 heavy (non-hydrogen) atoms. The molecule has 0 fully saturated rings. The van der Waals surface area contributed by atoms with Crippen LogP contribution in [0, 0.1) is 12.8 Å². The van der Waals surface area contributed by atoms with Crippen molar-refractivity contribution in [1.29, 1.82) is 0 Å². The number of nitrogens with zero attached hydrogens (tertiary/aromatic N) is 1. The van der Waals surface area contributed by atoms with E-state index in [4.69, 9.17) is 11.6 Å². The van der Waals surface area contributed by atoms with Crippen LogP contribution in [0.15, 0.2) is 53.0 Å². The molecule has 2 unspecified atom stereocenters. The first-order valence-corrected chi connectivity index (χ1v) is 8.67. The zero-order valence-corrected chi connectivity index (χ0v) is 15.3. The van der Waals surface area contributed by atoms with Crippen molar-refractivity contribution in [3.05, 3.63) is 64.4 Å². The quantitative estimate of drug-likeness (QED) is 0.570. The fourth-order valence-electron chi connectivity index (χ4n) is 2.92. The highest BCUT2D eigenvalue weighted by molar-refractivity contribution is 9.10. The van der Waals surface area contributed by atoms with Crippen molar-refractivity contribution in [2.75, 3.05) is 0 Å². The van der Waals surface area contributed by atoms with Gasteiger partial charge in [-0.15, -0.1) is 11.6 Å². The molecule has 3 rings (SSSR count). The normalized spacial score (nSPS) is 21.0. The summed E-state index contributed by atoms with van der Waals surface area (Å²) in [6.45, 7) is 4.31. The van der Waals surface area contributed by atoms with Crippen LogP contribution in [0.5, 0.6) is 0 Å². The predicted molar refractivity (Wildman–Crippen MR) is 99.2 cm³/mol. The van der Waals surface area contributed by atoms with Crippen LogP contribution in [-0.2, 0) is 7.05 Å². The smallest absolute Gasteiger partial charge is 0.0579 e. The monoisotopic (exact) mass is 375 g/mol. The van der Waals surface area contributed by atoms with E-state index >= 15 is 0 Å². The third-order valence-electron chi connectivity index (χ3n) is 4.29. The lowest BCUT2D eigenvalue weighted by Crippen LogP contribution is -2.11. The molecule has 1 aromatic carbocycles. The minimum Gasteiger partial charge on any atom is -0.347 e. The average molecular weight is 377 g/mol. The second-order valence-electron chi connectivity index (χ2n) is 5.90. The van der Waals surface area contributed by atoms with Gasteiger partial charge in [-0.05, 0) is 42.2 Å². The molecule has 0 aliphatic heterocycles. The molecule has 0 bridgehead atoms. The van der Waals surface area contributed by atoms with E-state index in [1.807, 2.05) is 0 Å². The summed E-state index contributed by atoms with van der Waals surface area (Å²) in [7, 11) is 2.12. The van der Waals surface area contributed by atoms with E-state index in [1.54, 1.807) is 0 Å². The van der Waals surface area contributed by atoms with Crippen LogP contribution < -0.4 is 0 Å². The molecule has 0 saturated carbocycles. The molecule has 2 atom stereocenters. The van der Waals surface area contributed by atoms with Gasteiger partial charge in [-0.25, -0.2) is 0 Å². The molecule has 0 spiro atoms. The summed E-state index contributed by atoms with van der Waals surface area (Å²) in [6.07, 6.45) is 6.51. The van der Waals surface area contributed by atoms with Crippen molar-refractivity contribution in [3.63, 3.8) is 0 Å². The van der Waals surface area contributed by atoms with Gasteiger partial charge in [0, 0.05) is 22.8 Å². The molecular weight excluding hydrogens is 358 g/mol. The number of allylic oxidation sites excluding steroid dienone is 4. The first-order valence-electron chi connectivity index (χ1n) is 7.44. The zero-order valence-electron chi connectivity index (χ0n) is 13.0. The van der Waals surface area contributed by atoms with Crippen LogP contribution in [0.25, 0.3) is 16.7 Å². The lowest BCUT2D eigenvalue weighted by Gasteiger charge is -2.19. The van der Waals surface area contributed by atoms with E-state index in [2.05, 4.69) is 90.0 Å². The van der Waals surface area contributed by atoms with Crippen LogP contribution in [0.1, 0.15) is 18.3 Å². The number of halogens is 2. The number of benzene rings is 1. The molecule has 0 radical (unpaired) electrons. The van der Waals surface area contributed by atoms with Crippen molar-refractivity contribution < 1.29 is 0 Å². The number of rotatable bonds is 2. The van der Waals surface area contributed by atoms with Gasteiger partial charge in [0.1, 0.15) is 0 Å². The van der Waals surface area contributed by atoms with Gasteiger partial charge in [0.25, 0.3) is 0 Å². The Morgan fingerprint density at radius 3 is 2.68 bits per heavy atom. The molecule has 1 nitrogen and oxygen atoms in total. The molecule has 1 aliphatic carbocycles. The van der Waals surface area contributed by atoms with Gasteiger partial charge >= 0.3 is 0 Å². The van der Waals surface area contributed by atoms with E-state index in [1.165, 1.54) is 28.1 Å². The van der Waals surface area contributed by atoms with Crippen molar-refractivity contribution >= 4 is 33.1 Å². The molecule has 1 aliphatic rings. The number of alkyl halides is 1. The highest BCUT2D eigenvalue weighted by atomic mass is 79.9. The maximum absolute atomic E-state index is 6.30. The topological polar surface area (TPSA) is 4.93 Å². The molecule has 1 heterocycles. The van der Waals surface area contributed by atoms with Gasteiger partial charge in [-0.2, -0.15) is 0 Å². The molecule has 0 saturated heterocycles. The van der Waals surface area contributed by atoms with Gasteiger partial charge in [0.15, 0.2) is 0 Å². The molecule has 1 aromatic heterocycles. The largest absolute Gasteiger partial charge is 0.347 e. The Bertz CT molecular complexity index is 770. The number of hydrogen-bond donors (Lipinski definition) is 0. The summed E-state index contributed by atoms with van der Waals surface area (Å²) in [5.74, 6) is 0.340. The Morgan fingerprint density at radius 1 is 1.23 bits per heavy atom. The Labute approximate surface area is 145 Å². The molecule has 114 valence electrons. The summed E-state index contributed by atoms with van der Waals surface area (Å²) in [6, 6.07) is 10.7. The Morgan fingerprint density at radius 2 is 2.00 bits per heavy atom. The summed E-state index contributed by atoms with van der Waals surface area (Å²) in [4.78, 5) is 0. The number of hydrogen-bond acceptors (Lipinski definition) is 0. The van der Waals surface area contributed by atoms with Gasteiger partial charge in [-0.3, -0.25) is 0 Å². The Balaban J connectivity index is 2.16. The first-order chi connectivity index (χ1) is 10.5. The molecule has 3 heteroatoms. The first kappa shape index (κ1) is 15.6. The minimum absolute atomic E-state index is 0.0828. The van der Waals surface area contributed by atoms with Crippen LogP contribution >= 0.6 is 27.5 Å². The van der Waals surface area contributed by atoms with E-state index in [-0.39, 0.29) is 5.38 Å². The van der Waals surface area contributed by atoms with Crippen molar-refractivity contribution in [3.8, 4) is 11.1 Å². The molecule has 0 N–H and O–H groups in total. The van der Waals surface area contributed by atoms with E-state index < -0.39 is 0 Å². The third-order valence-corrected chi connectivity index (χ3v) is 5.32. The standard InChI is InChI=1S/C19H19BrClN/c1-12-9-15(7-8-18(12)21)19-17(10-13(2)22(19)3)14-5-4-6-16(20)11-14/h4-12,18H,1-3H3. The third kappa shape index (κ3) is 2.82. The van der Waals surface area contributed by atoms with Crippen LogP contribution in [0.4, 0.5) is 0 Å². The molecule has 2 aromatic rings. The van der Waals surface area contributed by atoms with Gasteiger partial charge in [0.2, 0.25) is 0 Å². The zero-order chi connectivity index (χ0) is 15.9. The minimum atomic E-state index is 0.0828. The summed E-state index contributed by atoms with van der Waals surface area (Å²) in [5, 5.41) is 0.0828. The summed E-state index contributed by atoms with van der Waals surface area (Å²) < 4.78 is 3.35. The second kappa shape index (κ2) is 6.10. The molecular formula is C19H19BrClN. The van der Waals surface area contributed by atoms with Crippen molar-refractivity contribution in [2.45, 2.75) is 19.2 Å². The van der Waals surface area contributed by atoms with Crippen LogP contribution in [-0.4, -0.2) is 9.94 Å². The van der Waals surface area contributed by atoms with E-state index in [0.717, 1.165) is 4.47 Å². The summed E-state index contributed by atoms with van der Waals surface area (Å²) >= 11 is 9.87. The predicted octanol–water partition coefficient (Wildman–Crippen LogP) is 5.96. The number of aryl methyl sites for hydroxylation is 1. The van der Waals surface area contributed by atoms with Crippen molar-refractivity contribution in [2.24, 2.45) is 13.0 Å². The van der Waals surface area contributed by atoms with Gasteiger partial charge < -0.3 is 4.57 Å². The van der Waals surface area contributed by atoms with E-state index in [9.17, 15) is 0 Å². The SMILES string of the molecule is Cc1cc(-c2cccc(Br)c2)c(C2=CC(C)C(Cl)C=C2)n1C. The van der Waals surface area contributed by atoms with Gasteiger partial charge in [-0.1, -0.05) is 53.2 Å². The maximum Gasteiger partial charge on any atom is 0.0579 e. The fraction of sp³-hybridized carbons (Fsp3) is 0.263.